The van der Waals surface area contributed by atoms with Crippen molar-refractivity contribution in [2.75, 3.05) is 52.4 Å². The molecule has 1 unspecified atom stereocenters. The third-order valence-electron chi connectivity index (χ3n) is 7.12. The van der Waals surface area contributed by atoms with Gasteiger partial charge in [0.2, 0.25) is 5.91 Å². The van der Waals surface area contributed by atoms with Crippen LogP contribution in [-0.4, -0.2) is 79.0 Å². The lowest BCUT2D eigenvalue weighted by atomic mass is 9.90. The molecule has 1 atom stereocenters. The van der Waals surface area contributed by atoms with Crippen LogP contribution in [-0.2, 0) is 11.3 Å². The van der Waals surface area contributed by atoms with Crippen LogP contribution in [0.3, 0.4) is 0 Å². The van der Waals surface area contributed by atoms with Crippen LogP contribution in [0.2, 0.25) is 0 Å². The molecule has 7 heteroatoms. The van der Waals surface area contributed by atoms with Crippen LogP contribution >= 0.6 is 24.8 Å². The minimum Gasteiger partial charge on any atom is -0.340 e. The predicted molar refractivity (Wildman–Crippen MR) is 132 cm³/mol. The molecule has 0 aliphatic carbocycles. The van der Waals surface area contributed by atoms with Gasteiger partial charge >= 0.3 is 0 Å². The summed E-state index contributed by atoms with van der Waals surface area (Å²) in [5.41, 5.74) is 1.36. The molecule has 1 amide bonds. The number of nitrogens with one attached hydrogen (secondary N) is 1. The molecule has 0 spiro atoms. The summed E-state index contributed by atoms with van der Waals surface area (Å²) in [6.07, 6.45) is 7.01. The largest absolute Gasteiger partial charge is 0.340 e. The van der Waals surface area contributed by atoms with Gasteiger partial charge in [-0.25, -0.2) is 0 Å². The van der Waals surface area contributed by atoms with E-state index in [1.54, 1.807) is 0 Å². The third kappa shape index (κ3) is 7.90. The van der Waals surface area contributed by atoms with Crippen molar-refractivity contribution in [1.29, 1.82) is 0 Å². The van der Waals surface area contributed by atoms with E-state index >= 15 is 0 Å². The Kier molecular flexibility index (Phi) is 11.6. The fourth-order valence-electron chi connectivity index (χ4n) is 5.32. The molecule has 3 heterocycles. The molecule has 0 aromatic heterocycles. The third-order valence-corrected chi connectivity index (χ3v) is 7.12. The molecule has 3 aliphatic rings. The van der Waals surface area contributed by atoms with E-state index in [1.165, 1.54) is 57.4 Å². The number of piperidine rings is 2. The van der Waals surface area contributed by atoms with Crippen molar-refractivity contribution in [3.63, 3.8) is 0 Å². The smallest absolute Gasteiger partial charge is 0.222 e. The molecular weight excluding hydrogens is 431 g/mol. The van der Waals surface area contributed by atoms with Gasteiger partial charge < -0.3 is 15.1 Å². The highest BCUT2D eigenvalue weighted by Crippen LogP contribution is 2.25. The highest BCUT2D eigenvalue weighted by molar-refractivity contribution is 5.85. The average Bonchev–Trinajstić information content (AvgIpc) is 2.79. The first-order chi connectivity index (χ1) is 14.3. The average molecular weight is 472 g/mol. The number of nitrogens with zero attached hydrogens (tertiary/aromatic N) is 3. The molecule has 1 N–H and O–H groups in total. The van der Waals surface area contributed by atoms with Gasteiger partial charge in [0.25, 0.3) is 0 Å². The first kappa shape index (κ1) is 26.4. The number of amides is 1. The molecule has 0 saturated carbocycles. The Balaban J connectivity index is 0.00000171. The Labute approximate surface area is 200 Å². The topological polar surface area (TPSA) is 38.8 Å². The van der Waals surface area contributed by atoms with Crippen LogP contribution in [0, 0.1) is 5.92 Å². The maximum atomic E-state index is 12.8. The van der Waals surface area contributed by atoms with Crippen molar-refractivity contribution in [3.05, 3.63) is 35.9 Å². The number of likely N-dealkylation sites (tertiary alicyclic amines) is 1. The van der Waals surface area contributed by atoms with Crippen molar-refractivity contribution in [2.24, 2.45) is 5.92 Å². The summed E-state index contributed by atoms with van der Waals surface area (Å²) in [5.74, 6) is 1.09. The number of carbonyl (C=O) groups is 1. The lowest BCUT2D eigenvalue weighted by Gasteiger charge is -2.40. The molecule has 3 fully saturated rings. The summed E-state index contributed by atoms with van der Waals surface area (Å²) in [5, 5.41) is 3.48. The molecule has 3 saturated heterocycles. The van der Waals surface area contributed by atoms with E-state index in [1.807, 2.05) is 0 Å². The zero-order chi connectivity index (χ0) is 19.9. The maximum absolute atomic E-state index is 12.8. The van der Waals surface area contributed by atoms with E-state index in [0.29, 0.717) is 11.8 Å². The molecule has 1 aromatic carbocycles. The Morgan fingerprint density at radius 3 is 2.35 bits per heavy atom. The van der Waals surface area contributed by atoms with Crippen LogP contribution in [0.4, 0.5) is 0 Å². The number of rotatable bonds is 6. The zero-order valence-corrected chi connectivity index (χ0v) is 20.3. The van der Waals surface area contributed by atoms with Gasteiger partial charge in [0.05, 0.1) is 0 Å². The van der Waals surface area contributed by atoms with Crippen LogP contribution in [0.25, 0.3) is 0 Å². The predicted octanol–water partition coefficient (Wildman–Crippen LogP) is 3.42. The van der Waals surface area contributed by atoms with Crippen molar-refractivity contribution < 1.29 is 4.79 Å². The molecule has 176 valence electrons. The lowest BCUT2D eigenvalue weighted by molar-refractivity contribution is -0.133. The Morgan fingerprint density at radius 1 is 0.935 bits per heavy atom. The van der Waals surface area contributed by atoms with E-state index in [9.17, 15) is 4.79 Å². The van der Waals surface area contributed by atoms with Gasteiger partial charge in [-0.1, -0.05) is 30.3 Å². The summed E-state index contributed by atoms with van der Waals surface area (Å²) >= 11 is 0. The van der Waals surface area contributed by atoms with E-state index in [-0.39, 0.29) is 24.8 Å². The van der Waals surface area contributed by atoms with Crippen LogP contribution in [0.15, 0.2) is 30.3 Å². The normalized spacial score (nSPS) is 23.6. The van der Waals surface area contributed by atoms with Crippen molar-refractivity contribution in [1.82, 2.24) is 20.0 Å². The van der Waals surface area contributed by atoms with Crippen LogP contribution < -0.4 is 5.32 Å². The van der Waals surface area contributed by atoms with E-state index in [0.717, 1.165) is 51.6 Å². The second-order valence-corrected chi connectivity index (χ2v) is 9.17. The van der Waals surface area contributed by atoms with Gasteiger partial charge in [0.15, 0.2) is 0 Å². The zero-order valence-electron chi connectivity index (χ0n) is 18.7. The van der Waals surface area contributed by atoms with Crippen molar-refractivity contribution >= 4 is 30.7 Å². The molecular formula is C24H40Cl2N4O. The van der Waals surface area contributed by atoms with Gasteiger partial charge in [-0.05, 0) is 63.2 Å². The lowest BCUT2D eigenvalue weighted by Crippen LogP contribution is -2.49. The van der Waals surface area contributed by atoms with Crippen molar-refractivity contribution in [2.45, 2.75) is 51.1 Å². The Morgan fingerprint density at radius 2 is 1.65 bits per heavy atom. The van der Waals surface area contributed by atoms with Crippen molar-refractivity contribution in [3.8, 4) is 0 Å². The maximum Gasteiger partial charge on any atom is 0.222 e. The Bertz CT molecular complexity index is 634. The van der Waals surface area contributed by atoms with Gasteiger partial charge in [-0.15, -0.1) is 24.8 Å². The van der Waals surface area contributed by atoms with Crippen LogP contribution in [0.1, 0.15) is 44.1 Å². The Hall–Kier alpha value is -0.850. The minimum atomic E-state index is 0. The number of piperazine rings is 1. The number of benzene rings is 1. The van der Waals surface area contributed by atoms with Gasteiger partial charge in [-0.2, -0.15) is 0 Å². The summed E-state index contributed by atoms with van der Waals surface area (Å²) < 4.78 is 0. The molecule has 5 nitrogen and oxygen atoms in total. The highest BCUT2D eigenvalue weighted by atomic mass is 35.5. The second-order valence-electron chi connectivity index (χ2n) is 9.17. The standard InChI is InChI=1S/C24H38N4O.2ClH/c29-24(27-17-15-26(16-18-27)19-21-5-2-1-3-6-21)9-8-22-7-4-14-28(20-22)23-10-12-25-13-11-23;;/h1-3,5-6,22-23,25H,4,7-20H2;2*1H. The van der Waals surface area contributed by atoms with Gasteiger partial charge in [0, 0.05) is 51.7 Å². The molecule has 31 heavy (non-hydrogen) atoms. The first-order valence-corrected chi connectivity index (χ1v) is 11.8. The quantitative estimate of drug-likeness (QED) is 0.690. The molecule has 0 radical (unpaired) electrons. The minimum absolute atomic E-state index is 0. The first-order valence-electron chi connectivity index (χ1n) is 11.8. The van der Waals surface area contributed by atoms with Crippen LogP contribution in [0.5, 0.6) is 0 Å². The second kappa shape index (κ2) is 13.6. The van der Waals surface area contributed by atoms with E-state index < -0.39 is 0 Å². The number of hydrogen-bond acceptors (Lipinski definition) is 4. The number of hydrogen-bond donors (Lipinski definition) is 1. The number of halogens is 2. The SMILES string of the molecule is Cl.Cl.O=C(CCC1CCCN(C2CCNCC2)C1)N1CCN(Cc2ccccc2)CC1. The number of carbonyl (C=O) groups excluding carboxylic acids is 1. The summed E-state index contributed by atoms with van der Waals surface area (Å²) in [6.45, 7) is 9.57. The summed E-state index contributed by atoms with van der Waals surface area (Å²) in [7, 11) is 0. The highest BCUT2D eigenvalue weighted by Gasteiger charge is 2.28. The molecule has 1 aromatic rings. The monoisotopic (exact) mass is 470 g/mol. The fourth-order valence-corrected chi connectivity index (χ4v) is 5.32. The summed E-state index contributed by atoms with van der Waals surface area (Å²) in [4.78, 5) is 20.1. The summed E-state index contributed by atoms with van der Waals surface area (Å²) in [6, 6.07) is 11.4. The fraction of sp³-hybridized carbons (Fsp3) is 0.708. The van der Waals surface area contributed by atoms with E-state index in [4.69, 9.17) is 0 Å². The molecule has 4 rings (SSSR count). The molecule has 3 aliphatic heterocycles. The van der Waals surface area contributed by atoms with Gasteiger partial charge in [-0.3, -0.25) is 9.69 Å². The van der Waals surface area contributed by atoms with E-state index in [2.05, 4.69) is 50.3 Å². The van der Waals surface area contributed by atoms with Gasteiger partial charge in [0.1, 0.15) is 0 Å². The molecule has 0 bridgehead atoms.